The van der Waals surface area contributed by atoms with Gasteiger partial charge in [0.05, 0.1) is 10.7 Å². The number of anilines is 6. The van der Waals surface area contributed by atoms with Gasteiger partial charge < -0.3 is 9.80 Å². The Kier molecular flexibility index (Phi) is 10.4. The van der Waals surface area contributed by atoms with E-state index in [9.17, 15) is 0 Å². The number of allylic oxidation sites excluding steroid dienone is 1. The van der Waals surface area contributed by atoms with Gasteiger partial charge >= 0.3 is 0 Å². The Morgan fingerprint density at radius 3 is 1.96 bits per heavy atom. The smallest absolute Gasteiger partial charge is 0.254 e. The monoisotopic (exact) mass is 1010 g/mol. The van der Waals surface area contributed by atoms with E-state index in [1.807, 2.05) is 45.3 Å². The number of hydrogen-bond donors (Lipinski definition) is 0. The van der Waals surface area contributed by atoms with Crippen LogP contribution in [0.3, 0.4) is 0 Å². The van der Waals surface area contributed by atoms with Crippen molar-refractivity contribution in [1.82, 2.24) is 0 Å². The molecule has 0 N–H and O–H groups in total. The quantitative estimate of drug-likeness (QED) is 0.153. The molecule has 0 fully saturated rings. The van der Waals surface area contributed by atoms with Gasteiger partial charge in [0.25, 0.3) is 6.71 Å². The molecule has 0 radical (unpaired) electrons. The molecule has 1 unspecified atom stereocenters. The highest BCUT2D eigenvalue weighted by Crippen LogP contribution is 2.52. The first-order valence-electron chi connectivity index (χ1n) is 25.8. The third-order valence-electron chi connectivity index (χ3n) is 16.0. The van der Waals surface area contributed by atoms with Crippen LogP contribution < -0.4 is 26.2 Å². The van der Waals surface area contributed by atoms with E-state index < -0.39 is 0 Å². The number of rotatable bonds is 6. The third kappa shape index (κ3) is 6.99. The van der Waals surface area contributed by atoms with Crippen LogP contribution in [0.25, 0.3) is 69.7 Å². The van der Waals surface area contributed by atoms with Crippen molar-refractivity contribution in [2.75, 3.05) is 9.80 Å². The van der Waals surface area contributed by atoms with Crippen molar-refractivity contribution >= 4 is 138 Å². The number of nitrogens with zero attached hydrogens (tertiary/aromatic N) is 2. The number of aryl methyl sites for hydroxylation is 2. The van der Waals surface area contributed by atoms with Crippen LogP contribution in [-0.4, -0.2) is 6.71 Å². The number of hydrogen-bond acceptors (Lipinski definition) is 6. The minimum Gasteiger partial charge on any atom is -0.311 e. The molecule has 3 aliphatic rings. The second-order valence-electron chi connectivity index (χ2n) is 22.1. The maximum Gasteiger partial charge on any atom is 0.254 e. The van der Waals surface area contributed by atoms with E-state index in [1.54, 1.807) is 0 Å². The normalized spacial score (nSPS) is 14.9. The van der Waals surface area contributed by atoms with Gasteiger partial charge in [0.1, 0.15) is 0 Å². The summed E-state index contributed by atoms with van der Waals surface area (Å²) < 4.78 is 3.96. The predicted molar refractivity (Wildman–Crippen MR) is 325 cm³/mol. The molecule has 14 rings (SSSR count). The minimum atomic E-state index is -0.0122. The van der Waals surface area contributed by atoms with Gasteiger partial charge in [-0.25, -0.2) is 0 Å². The van der Waals surface area contributed by atoms with Gasteiger partial charge in [0, 0.05) is 63.6 Å². The molecule has 356 valence electrons. The summed E-state index contributed by atoms with van der Waals surface area (Å²) in [4.78, 5) is 6.86. The van der Waals surface area contributed by atoms with E-state index in [0.29, 0.717) is 11.8 Å². The van der Waals surface area contributed by atoms with Gasteiger partial charge in [-0.2, -0.15) is 0 Å². The maximum atomic E-state index is 2.71. The number of fused-ring (bicyclic) bond motifs is 9. The number of thiophene rings is 4. The zero-order valence-electron chi connectivity index (χ0n) is 42.6. The molecule has 2 aliphatic heterocycles. The van der Waals surface area contributed by atoms with Gasteiger partial charge in [-0.05, 0) is 186 Å². The Balaban J connectivity index is 1.07. The van der Waals surface area contributed by atoms with Gasteiger partial charge in [0.15, 0.2) is 0 Å². The van der Waals surface area contributed by atoms with E-state index in [1.165, 1.54) is 146 Å². The standard InChI is InChI=1S/C66H55BN2S4/c1-37(2)43-31-56-62-57(32-43)69(63-39(4)27-44(28-40(63)5)53-36-72-64-38(3)15-13-20-49(53)64)65-61(50-33-45(66(6,7)8)24-26-60(50)73-65)67(62)54-25-23-42(52-35-71-59-22-12-10-19-48(52)59)30-55(54)68(56)46-17-14-16-41(29-46)51-34-70-58-21-11-9-18-47(51)58/h9-14,16-38H,15H2,1-8H3. The van der Waals surface area contributed by atoms with Crippen molar-refractivity contribution in [3.8, 4) is 33.4 Å². The molecule has 4 aromatic heterocycles. The fourth-order valence-corrected chi connectivity index (χ4v) is 16.7. The molecule has 0 spiro atoms. The highest BCUT2D eigenvalue weighted by molar-refractivity contribution is 7.26. The Bertz CT molecular complexity index is 4090. The summed E-state index contributed by atoms with van der Waals surface area (Å²) in [6.07, 6.45) is 5.85. The fourth-order valence-electron chi connectivity index (χ4n) is 12.3. The van der Waals surface area contributed by atoms with E-state index in [2.05, 4.69) is 227 Å². The summed E-state index contributed by atoms with van der Waals surface area (Å²) in [7, 11) is 0. The minimum absolute atomic E-state index is 0.00376. The third-order valence-corrected chi connectivity index (χ3v) is 20.4. The zero-order chi connectivity index (χ0) is 49.6. The maximum absolute atomic E-state index is 2.71. The Morgan fingerprint density at radius 2 is 1.26 bits per heavy atom. The lowest BCUT2D eigenvalue weighted by Crippen LogP contribution is -2.61. The Hall–Kier alpha value is -6.48. The van der Waals surface area contributed by atoms with E-state index in [-0.39, 0.29) is 12.1 Å². The largest absolute Gasteiger partial charge is 0.311 e. The van der Waals surface area contributed by atoms with Crippen molar-refractivity contribution in [2.45, 2.75) is 79.1 Å². The van der Waals surface area contributed by atoms with Crippen molar-refractivity contribution in [1.29, 1.82) is 0 Å². The molecule has 0 amide bonds. The summed E-state index contributed by atoms with van der Waals surface area (Å²) in [5.41, 5.74) is 24.8. The summed E-state index contributed by atoms with van der Waals surface area (Å²) in [5.74, 6) is 0.843. The molecular weight excluding hydrogens is 960 g/mol. The van der Waals surface area contributed by atoms with Crippen LogP contribution >= 0.6 is 45.3 Å². The first-order valence-corrected chi connectivity index (χ1v) is 29.3. The van der Waals surface area contributed by atoms with Crippen LogP contribution in [-0.2, 0) is 5.41 Å². The van der Waals surface area contributed by atoms with Gasteiger partial charge in [-0.1, -0.05) is 126 Å². The number of benzene rings is 7. The summed E-state index contributed by atoms with van der Waals surface area (Å²) in [6, 6.07) is 51.9. The molecule has 7 aromatic carbocycles. The summed E-state index contributed by atoms with van der Waals surface area (Å²) in [6.45, 7) is 18.9. The SMILES string of the molecule is Cc1cc(-c2csc3c2C=CCC3C)cc(C)c1N1c2cc(C(C)C)cc3c2B(c2ccc(-c4csc5ccccc45)cc2N3c2cccc(-c3csc4ccccc34)c2)c2c1sc1ccc(C(C)(C)C)cc21. The highest BCUT2D eigenvalue weighted by Gasteiger charge is 2.46. The molecule has 11 aromatic rings. The average molecular weight is 1020 g/mol. The Labute approximate surface area is 445 Å². The molecule has 7 heteroatoms. The Morgan fingerprint density at radius 1 is 0.589 bits per heavy atom. The molecule has 6 heterocycles. The summed E-state index contributed by atoms with van der Waals surface area (Å²) in [5, 5.41) is 12.4. The van der Waals surface area contributed by atoms with Gasteiger partial charge in [-0.15, -0.1) is 45.3 Å². The molecule has 73 heavy (non-hydrogen) atoms. The second kappa shape index (κ2) is 16.8. The fraction of sp³-hybridized carbons (Fsp3) is 0.182. The first-order chi connectivity index (χ1) is 35.4. The predicted octanol–water partition coefficient (Wildman–Crippen LogP) is 19.0. The lowest BCUT2D eigenvalue weighted by molar-refractivity contribution is 0.591. The first kappa shape index (κ1) is 45.2. The zero-order valence-corrected chi connectivity index (χ0v) is 45.8. The highest BCUT2D eigenvalue weighted by atomic mass is 32.1. The van der Waals surface area contributed by atoms with Crippen molar-refractivity contribution in [3.63, 3.8) is 0 Å². The van der Waals surface area contributed by atoms with Crippen LogP contribution in [0.5, 0.6) is 0 Å². The molecule has 0 saturated heterocycles. The van der Waals surface area contributed by atoms with Crippen LogP contribution in [0.15, 0.2) is 156 Å². The topological polar surface area (TPSA) is 6.48 Å². The van der Waals surface area contributed by atoms with Crippen LogP contribution in [0, 0.1) is 13.8 Å². The van der Waals surface area contributed by atoms with Gasteiger partial charge in [0.2, 0.25) is 0 Å². The van der Waals surface area contributed by atoms with E-state index >= 15 is 0 Å². The lowest BCUT2D eigenvalue weighted by atomic mass is 9.33. The summed E-state index contributed by atoms with van der Waals surface area (Å²) >= 11 is 7.57. The van der Waals surface area contributed by atoms with Crippen LogP contribution in [0.4, 0.5) is 33.4 Å². The van der Waals surface area contributed by atoms with Crippen molar-refractivity contribution in [2.24, 2.45) is 0 Å². The van der Waals surface area contributed by atoms with Gasteiger partial charge in [-0.3, -0.25) is 0 Å². The van der Waals surface area contributed by atoms with Crippen molar-refractivity contribution in [3.05, 3.63) is 188 Å². The second-order valence-corrected chi connectivity index (χ2v) is 25.8. The molecule has 1 aliphatic carbocycles. The lowest BCUT2D eigenvalue weighted by Gasteiger charge is -2.44. The molecule has 2 nitrogen and oxygen atoms in total. The van der Waals surface area contributed by atoms with E-state index in [0.717, 1.165) is 6.42 Å². The molecule has 1 atom stereocenters. The molecule has 0 saturated carbocycles. The average Bonchev–Trinajstić information content (AvgIpc) is 4.21. The van der Waals surface area contributed by atoms with Crippen LogP contribution in [0.1, 0.15) is 92.5 Å². The molecular formula is C66H55BN2S4. The van der Waals surface area contributed by atoms with E-state index in [4.69, 9.17) is 0 Å². The van der Waals surface area contributed by atoms with Crippen molar-refractivity contribution < 1.29 is 0 Å². The van der Waals surface area contributed by atoms with Crippen LogP contribution in [0.2, 0.25) is 0 Å². The molecule has 0 bridgehead atoms.